The smallest absolute Gasteiger partial charge is 0.289 e. The maximum absolute atomic E-state index is 12.2. The van der Waals surface area contributed by atoms with Crippen molar-refractivity contribution >= 4 is 46.2 Å². The number of nitrogens with zero attached hydrogens (tertiary/aromatic N) is 2. The van der Waals surface area contributed by atoms with Crippen molar-refractivity contribution in [3.05, 3.63) is 73.9 Å². The minimum absolute atomic E-state index is 0.0519. The maximum atomic E-state index is 12.2. The van der Waals surface area contributed by atoms with Crippen LogP contribution >= 0.6 is 23.2 Å². The number of nitro groups is 1. The second-order valence-corrected chi connectivity index (χ2v) is 5.99. The van der Waals surface area contributed by atoms with Crippen LogP contribution in [0.3, 0.4) is 0 Å². The highest BCUT2D eigenvalue weighted by atomic mass is 35.5. The molecule has 0 aliphatic heterocycles. The fraction of sp³-hybridized carbons (Fsp3) is 0.0588. The summed E-state index contributed by atoms with van der Waals surface area (Å²) >= 11 is 11.6. The fourth-order valence-electron chi connectivity index (χ4n) is 2.02. The van der Waals surface area contributed by atoms with Crippen molar-refractivity contribution in [2.45, 2.75) is 6.92 Å². The van der Waals surface area contributed by atoms with Crippen LogP contribution in [-0.2, 0) is 4.79 Å². The molecule has 0 heterocycles. The fourth-order valence-corrected chi connectivity index (χ4v) is 2.43. The normalized spacial score (nSPS) is 10.8. The molecule has 0 spiro atoms. The van der Waals surface area contributed by atoms with Gasteiger partial charge in [-0.25, -0.2) is 0 Å². The summed E-state index contributed by atoms with van der Waals surface area (Å²) in [6, 6.07) is 10.7. The number of carbonyl (C=O) groups is 1. The number of nitrogens with one attached hydrogen (secondary N) is 2. The molecule has 0 radical (unpaired) electrons. The van der Waals surface area contributed by atoms with Gasteiger partial charge in [0, 0.05) is 28.7 Å². The van der Waals surface area contributed by atoms with Crippen LogP contribution in [-0.4, -0.2) is 10.8 Å². The zero-order chi connectivity index (χ0) is 19.3. The first-order valence-corrected chi connectivity index (χ1v) is 7.95. The van der Waals surface area contributed by atoms with Gasteiger partial charge >= 0.3 is 0 Å². The Balaban J connectivity index is 2.17. The summed E-state index contributed by atoms with van der Waals surface area (Å²) in [5.41, 5.74) is 1.10. The molecule has 0 saturated carbocycles. The summed E-state index contributed by atoms with van der Waals surface area (Å²) in [6.45, 7) is 1.82. The minimum Gasteiger partial charge on any atom is -0.360 e. The third-order valence-electron chi connectivity index (χ3n) is 3.33. The first-order valence-electron chi connectivity index (χ1n) is 7.20. The Morgan fingerprint density at radius 3 is 2.62 bits per heavy atom. The van der Waals surface area contributed by atoms with E-state index in [4.69, 9.17) is 23.2 Å². The first kappa shape index (κ1) is 19.2. The van der Waals surface area contributed by atoms with E-state index in [9.17, 15) is 20.2 Å². The van der Waals surface area contributed by atoms with Crippen LogP contribution in [0.4, 0.5) is 17.1 Å². The largest absolute Gasteiger partial charge is 0.360 e. The van der Waals surface area contributed by atoms with E-state index in [2.05, 4.69) is 10.6 Å². The number of nitriles is 1. The van der Waals surface area contributed by atoms with E-state index in [-0.39, 0.29) is 22.0 Å². The van der Waals surface area contributed by atoms with Gasteiger partial charge in [0.2, 0.25) is 0 Å². The molecule has 0 saturated heterocycles. The van der Waals surface area contributed by atoms with Gasteiger partial charge in [-0.2, -0.15) is 5.26 Å². The second kappa shape index (κ2) is 8.34. The quantitative estimate of drug-likeness (QED) is 0.333. The maximum Gasteiger partial charge on any atom is 0.289 e. The van der Waals surface area contributed by atoms with Gasteiger partial charge in [-0.3, -0.25) is 14.9 Å². The van der Waals surface area contributed by atoms with E-state index < -0.39 is 10.8 Å². The van der Waals surface area contributed by atoms with Gasteiger partial charge in [0.15, 0.2) is 0 Å². The van der Waals surface area contributed by atoms with E-state index in [1.165, 1.54) is 18.3 Å². The number of hydrogen-bond donors (Lipinski definition) is 2. The van der Waals surface area contributed by atoms with Gasteiger partial charge in [0.1, 0.15) is 16.7 Å². The van der Waals surface area contributed by atoms with Crippen molar-refractivity contribution in [1.29, 1.82) is 5.26 Å². The lowest BCUT2D eigenvalue weighted by atomic mass is 10.2. The zero-order valence-corrected chi connectivity index (χ0v) is 14.9. The SMILES string of the molecule is Cc1cc(Cl)ccc1N/C=C(/C#N)C(=O)Nc1ccc(Cl)c([N+](=O)[O-])c1. The summed E-state index contributed by atoms with van der Waals surface area (Å²) in [4.78, 5) is 22.4. The van der Waals surface area contributed by atoms with Crippen LogP contribution < -0.4 is 10.6 Å². The lowest BCUT2D eigenvalue weighted by Gasteiger charge is -2.08. The van der Waals surface area contributed by atoms with Gasteiger partial charge in [-0.05, 0) is 42.8 Å². The molecule has 0 unspecified atom stereocenters. The van der Waals surface area contributed by atoms with Gasteiger partial charge in [0.05, 0.1) is 4.92 Å². The summed E-state index contributed by atoms with van der Waals surface area (Å²) in [7, 11) is 0. The first-order chi connectivity index (χ1) is 12.3. The van der Waals surface area contributed by atoms with Crippen molar-refractivity contribution in [3.8, 4) is 6.07 Å². The molecule has 0 atom stereocenters. The molecule has 7 nitrogen and oxygen atoms in total. The number of hydrogen-bond acceptors (Lipinski definition) is 5. The number of aryl methyl sites for hydroxylation is 1. The predicted octanol–water partition coefficient (Wildman–Crippen LogP) is 4.67. The third kappa shape index (κ3) is 4.72. The molecule has 0 aliphatic carbocycles. The highest BCUT2D eigenvalue weighted by molar-refractivity contribution is 6.32. The molecule has 26 heavy (non-hydrogen) atoms. The van der Waals surface area contributed by atoms with Crippen molar-refractivity contribution in [1.82, 2.24) is 0 Å². The molecular formula is C17H12Cl2N4O3. The molecular weight excluding hydrogens is 379 g/mol. The molecule has 2 N–H and O–H groups in total. The highest BCUT2D eigenvalue weighted by Crippen LogP contribution is 2.27. The number of benzene rings is 2. The van der Waals surface area contributed by atoms with E-state index in [0.717, 1.165) is 11.6 Å². The van der Waals surface area contributed by atoms with E-state index in [0.29, 0.717) is 10.7 Å². The number of nitro benzene ring substituents is 1. The molecule has 0 fully saturated rings. The van der Waals surface area contributed by atoms with Crippen LogP contribution in [0, 0.1) is 28.4 Å². The van der Waals surface area contributed by atoms with Crippen LogP contribution in [0.15, 0.2) is 48.2 Å². The Hall–Kier alpha value is -3.08. The summed E-state index contributed by atoms with van der Waals surface area (Å²) in [5.74, 6) is -0.719. The Bertz CT molecular complexity index is 952. The lowest BCUT2D eigenvalue weighted by Crippen LogP contribution is -2.14. The van der Waals surface area contributed by atoms with Gasteiger partial charge in [0.25, 0.3) is 11.6 Å². The predicted molar refractivity (Wildman–Crippen MR) is 100 cm³/mol. The van der Waals surface area contributed by atoms with Crippen LogP contribution in [0.1, 0.15) is 5.56 Å². The number of anilines is 2. The summed E-state index contributed by atoms with van der Waals surface area (Å²) in [5, 5.41) is 25.9. The molecule has 132 valence electrons. The summed E-state index contributed by atoms with van der Waals surface area (Å²) in [6.07, 6.45) is 1.25. The van der Waals surface area contributed by atoms with E-state index in [1.807, 2.05) is 6.92 Å². The Kier molecular flexibility index (Phi) is 6.17. The molecule has 2 rings (SSSR count). The van der Waals surface area contributed by atoms with E-state index in [1.54, 1.807) is 24.3 Å². The standard InChI is InChI=1S/C17H12Cl2N4O3/c1-10-6-12(18)2-5-15(10)21-9-11(8-20)17(24)22-13-3-4-14(19)16(7-13)23(25)26/h2-7,9,21H,1H3,(H,22,24)/b11-9-. The average Bonchev–Trinajstić information content (AvgIpc) is 2.58. The third-order valence-corrected chi connectivity index (χ3v) is 3.88. The number of rotatable bonds is 5. The van der Waals surface area contributed by atoms with E-state index >= 15 is 0 Å². The number of halogens is 2. The molecule has 2 aromatic carbocycles. The lowest BCUT2D eigenvalue weighted by molar-refractivity contribution is -0.384. The minimum atomic E-state index is -0.719. The Labute approximate surface area is 159 Å². The molecule has 9 heteroatoms. The molecule has 0 bridgehead atoms. The van der Waals surface area contributed by atoms with Crippen molar-refractivity contribution < 1.29 is 9.72 Å². The average molecular weight is 391 g/mol. The molecule has 1 amide bonds. The topological polar surface area (TPSA) is 108 Å². The van der Waals surface area contributed by atoms with Crippen LogP contribution in [0.25, 0.3) is 0 Å². The van der Waals surface area contributed by atoms with Gasteiger partial charge in [-0.15, -0.1) is 0 Å². The van der Waals surface area contributed by atoms with Crippen molar-refractivity contribution in [2.24, 2.45) is 0 Å². The Morgan fingerprint density at radius 2 is 2.00 bits per heavy atom. The number of carbonyl (C=O) groups excluding carboxylic acids is 1. The summed E-state index contributed by atoms with van der Waals surface area (Å²) < 4.78 is 0. The van der Waals surface area contributed by atoms with Crippen molar-refractivity contribution in [3.63, 3.8) is 0 Å². The van der Waals surface area contributed by atoms with Crippen LogP contribution in [0.5, 0.6) is 0 Å². The molecule has 2 aromatic rings. The monoisotopic (exact) mass is 390 g/mol. The Morgan fingerprint density at radius 1 is 1.27 bits per heavy atom. The van der Waals surface area contributed by atoms with Gasteiger partial charge in [-0.1, -0.05) is 23.2 Å². The number of amides is 1. The molecule has 0 aromatic heterocycles. The second-order valence-electron chi connectivity index (χ2n) is 5.15. The molecule has 0 aliphatic rings. The van der Waals surface area contributed by atoms with Gasteiger partial charge < -0.3 is 10.6 Å². The highest BCUT2D eigenvalue weighted by Gasteiger charge is 2.15. The zero-order valence-electron chi connectivity index (χ0n) is 13.4. The van der Waals surface area contributed by atoms with Crippen LogP contribution in [0.2, 0.25) is 10.0 Å². The van der Waals surface area contributed by atoms with Crippen molar-refractivity contribution in [2.75, 3.05) is 10.6 Å².